The quantitative estimate of drug-likeness (QED) is 0.540. The summed E-state index contributed by atoms with van der Waals surface area (Å²) in [5.41, 5.74) is 6.48. The molecule has 2 aliphatic rings. The maximum absolute atomic E-state index is 13.0. The SMILES string of the molecule is CC[C@H]1CN(c2nc(N)c(C(=O)NC)nc2Cl)CCN1C1CCN(C(=O)c2cc(Cl)nc(Cl)c2)CC1. The molecule has 2 aliphatic heterocycles. The average molecular weight is 556 g/mol. The molecule has 2 fully saturated rings. The van der Waals surface area contributed by atoms with Crippen LogP contribution in [0.2, 0.25) is 15.5 Å². The lowest BCUT2D eigenvalue weighted by molar-refractivity contribution is 0.0490. The van der Waals surface area contributed by atoms with Crippen LogP contribution in [0.15, 0.2) is 12.1 Å². The zero-order chi connectivity index (χ0) is 26.0. The van der Waals surface area contributed by atoms with Gasteiger partial charge in [0.25, 0.3) is 11.8 Å². The molecule has 13 heteroatoms. The van der Waals surface area contributed by atoms with Crippen molar-refractivity contribution in [3.05, 3.63) is 38.8 Å². The largest absolute Gasteiger partial charge is 0.382 e. The highest BCUT2D eigenvalue weighted by atomic mass is 35.5. The fourth-order valence-corrected chi connectivity index (χ4v) is 5.69. The smallest absolute Gasteiger partial charge is 0.273 e. The van der Waals surface area contributed by atoms with Gasteiger partial charge in [-0.2, -0.15) is 0 Å². The number of nitrogens with two attached hydrogens (primary N) is 1. The van der Waals surface area contributed by atoms with Crippen molar-refractivity contribution < 1.29 is 9.59 Å². The normalized spacial score (nSPS) is 19.4. The summed E-state index contributed by atoms with van der Waals surface area (Å²) >= 11 is 18.4. The molecule has 194 valence electrons. The fraction of sp³-hybridized carbons (Fsp3) is 0.522. The second-order valence-corrected chi connectivity index (χ2v) is 10.1. The number of piperazine rings is 1. The third-order valence-corrected chi connectivity index (χ3v) is 7.48. The van der Waals surface area contributed by atoms with Crippen molar-refractivity contribution in [2.75, 3.05) is 50.4 Å². The summed E-state index contributed by atoms with van der Waals surface area (Å²) in [6.07, 6.45) is 2.70. The van der Waals surface area contributed by atoms with Crippen LogP contribution in [0.5, 0.6) is 0 Å². The highest BCUT2D eigenvalue weighted by Crippen LogP contribution is 2.30. The number of halogens is 3. The molecule has 2 saturated heterocycles. The number of nitrogens with one attached hydrogen (secondary N) is 1. The van der Waals surface area contributed by atoms with Gasteiger partial charge in [0.15, 0.2) is 22.5 Å². The van der Waals surface area contributed by atoms with Gasteiger partial charge in [0.2, 0.25) is 0 Å². The number of nitrogens with zero attached hydrogens (tertiary/aromatic N) is 6. The Morgan fingerprint density at radius 3 is 2.33 bits per heavy atom. The van der Waals surface area contributed by atoms with Gasteiger partial charge >= 0.3 is 0 Å². The van der Waals surface area contributed by atoms with E-state index in [0.29, 0.717) is 37.1 Å². The van der Waals surface area contributed by atoms with Gasteiger partial charge in [-0.15, -0.1) is 0 Å². The minimum atomic E-state index is -0.426. The number of carbonyl (C=O) groups excluding carboxylic acids is 2. The van der Waals surface area contributed by atoms with Gasteiger partial charge < -0.3 is 20.9 Å². The monoisotopic (exact) mass is 554 g/mol. The van der Waals surface area contributed by atoms with E-state index in [2.05, 4.69) is 37.0 Å². The number of aromatic nitrogens is 3. The molecule has 2 amide bonds. The number of rotatable bonds is 5. The highest BCUT2D eigenvalue weighted by molar-refractivity contribution is 6.33. The molecule has 4 heterocycles. The minimum Gasteiger partial charge on any atom is -0.382 e. The Morgan fingerprint density at radius 1 is 1.06 bits per heavy atom. The lowest BCUT2D eigenvalue weighted by atomic mass is 9.97. The standard InChI is InChI=1S/C23H29Cl3N8O2/c1-3-14-12-33(21-19(26)30-18(20(27)31-21)22(35)28-2)8-9-34(14)15-4-6-32(7-5-15)23(36)13-10-16(24)29-17(25)11-13/h10-11,14-15H,3-9,12H2,1-2H3,(H2,27,31)(H,28,35)/t14-/m0/s1. The molecule has 0 aromatic carbocycles. The predicted molar refractivity (Wildman–Crippen MR) is 141 cm³/mol. The van der Waals surface area contributed by atoms with Crippen molar-refractivity contribution >= 4 is 58.3 Å². The molecule has 0 unspecified atom stereocenters. The summed E-state index contributed by atoms with van der Waals surface area (Å²) in [6, 6.07) is 3.75. The number of anilines is 2. The van der Waals surface area contributed by atoms with Crippen LogP contribution in [0.25, 0.3) is 0 Å². The molecule has 0 bridgehead atoms. The molecule has 4 rings (SSSR count). The fourth-order valence-electron chi connectivity index (χ4n) is 4.98. The Balaban J connectivity index is 1.40. The molecule has 0 aliphatic carbocycles. The Labute approximate surface area is 225 Å². The molecular weight excluding hydrogens is 527 g/mol. The van der Waals surface area contributed by atoms with Crippen molar-refractivity contribution in [3.8, 4) is 0 Å². The maximum atomic E-state index is 13.0. The molecule has 0 saturated carbocycles. The Bertz CT molecular complexity index is 1120. The number of piperidine rings is 1. The molecule has 1 atom stereocenters. The number of nitrogen functional groups attached to an aromatic ring is 1. The van der Waals surface area contributed by atoms with Gasteiger partial charge in [-0.3, -0.25) is 14.5 Å². The first-order valence-corrected chi connectivity index (χ1v) is 13.0. The molecule has 10 nitrogen and oxygen atoms in total. The van der Waals surface area contributed by atoms with Crippen LogP contribution in [0.3, 0.4) is 0 Å². The molecular formula is C23H29Cl3N8O2. The molecule has 2 aromatic rings. The number of pyridine rings is 1. The topological polar surface area (TPSA) is 121 Å². The number of hydrogen-bond donors (Lipinski definition) is 2. The maximum Gasteiger partial charge on any atom is 0.273 e. The first kappa shape index (κ1) is 26.7. The number of likely N-dealkylation sites (tertiary alicyclic amines) is 1. The highest BCUT2D eigenvalue weighted by Gasteiger charge is 2.35. The predicted octanol–water partition coefficient (Wildman–Crippen LogP) is 2.98. The summed E-state index contributed by atoms with van der Waals surface area (Å²) in [5, 5.41) is 3.07. The van der Waals surface area contributed by atoms with Crippen LogP contribution in [-0.4, -0.2) is 88.4 Å². The third-order valence-electron chi connectivity index (χ3n) is 6.84. The average Bonchev–Trinajstić information content (AvgIpc) is 2.88. The van der Waals surface area contributed by atoms with Gasteiger partial charge in [0.05, 0.1) is 0 Å². The molecule has 36 heavy (non-hydrogen) atoms. The van der Waals surface area contributed by atoms with E-state index >= 15 is 0 Å². The summed E-state index contributed by atoms with van der Waals surface area (Å²) in [5.74, 6) is 0.0419. The second-order valence-electron chi connectivity index (χ2n) is 8.92. The first-order chi connectivity index (χ1) is 17.2. The van der Waals surface area contributed by atoms with Crippen molar-refractivity contribution in [1.29, 1.82) is 0 Å². The van der Waals surface area contributed by atoms with Gasteiger partial charge in [0, 0.05) is 57.4 Å². The zero-order valence-corrected chi connectivity index (χ0v) is 22.4. The Hall–Kier alpha value is -2.40. The van der Waals surface area contributed by atoms with Gasteiger partial charge in [0.1, 0.15) is 10.3 Å². The Morgan fingerprint density at radius 2 is 1.72 bits per heavy atom. The van der Waals surface area contributed by atoms with E-state index in [1.54, 1.807) is 12.1 Å². The van der Waals surface area contributed by atoms with Crippen LogP contribution in [0, 0.1) is 0 Å². The van der Waals surface area contributed by atoms with E-state index in [0.717, 1.165) is 32.4 Å². The van der Waals surface area contributed by atoms with E-state index in [9.17, 15) is 9.59 Å². The summed E-state index contributed by atoms with van der Waals surface area (Å²) in [6.45, 7) is 5.72. The van der Waals surface area contributed by atoms with Gasteiger partial charge in [-0.25, -0.2) is 15.0 Å². The molecule has 2 aromatic heterocycles. The van der Waals surface area contributed by atoms with E-state index < -0.39 is 5.91 Å². The lowest BCUT2D eigenvalue weighted by Crippen LogP contribution is -2.58. The summed E-state index contributed by atoms with van der Waals surface area (Å²) in [4.78, 5) is 43.9. The molecule has 0 spiro atoms. The van der Waals surface area contributed by atoms with Crippen molar-refractivity contribution in [3.63, 3.8) is 0 Å². The van der Waals surface area contributed by atoms with Crippen LogP contribution in [-0.2, 0) is 0 Å². The first-order valence-electron chi connectivity index (χ1n) is 11.9. The number of amides is 2. The molecule has 0 radical (unpaired) electrons. The number of carbonyl (C=O) groups is 2. The summed E-state index contributed by atoms with van der Waals surface area (Å²) < 4.78 is 0. The van der Waals surface area contributed by atoms with E-state index in [-0.39, 0.29) is 38.9 Å². The Kier molecular flexibility index (Phi) is 8.39. The van der Waals surface area contributed by atoms with Crippen LogP contribution >= 0.6 is 34.8 Å². The lowest BCUT2D eigenvalue weighted by Gasteiger charge is -2.47. The van der Waals surface area contributed by atoms with Crippen LogP contribution in [0.4, 0.5) is 11.6 Å². The van der Waals surface area contributed by atoms with Crippen molar-refractivity contribution in [2.24, 2.45) is 0 Å². The van der Waals surface area contributed by atoms with E-state index in [1.807, 2.05) is 4.90 Å². The van der Waals surface area contributed by atoms with Gasteiger partial charge in [-0.05, 0) is 31.4 Å². The van der Waals surface area contributed by atoms with Crippen LogP contribution in [0.1, 0.15) is 47.0 Å². The van der Waals surface area contributed by atoms with Crippen LogP contribution < -0.4 is 16.0 Å². The summed E-state index contributed by atoms with van der Waals surface area (Å²) in [7, 11) is 1.50. The number of hydrogen-bond acceptors (Lipinski definition) is 8. The third kappa shape index (κ3) is 5.61. The van der Waals surface area contributed by atoms with E-state index in [1.165, 1.54) is 7.05 Å². The molecule has 3 N–H and O–H groups in total. The van der Waals surface area contributed by atoms with Gasteiger partial charge in [-0.1, -0.05) is 41.7 Å². The zero-order valence-electron chi connectivity index (χ0n) is 20.2. The van der Waals surface area contributed by atoms with Crippen molar-refractivity contribution in [2.45, 2.75) is 38.3 Å². The second kappa shape index (κ2) is 11.3. The van der Waals surface area contributed by atoms with Crippen molar-refractivity contribution in [1.82, 2.24) is 30.1 Å². The van der Waals surface area contributed by atoms with E-state index in [4.69, 9.17) is 40.5 Å². The minimum absolute atomic E-state index is 0.0227.